The number of hydrogen-bond acceptors (Lipinski definition) is 3. The summed E-state index contributed by atoms with van der Waals surface area (Å²) in [7, 11) is 0. The number of ether oxygens (including phenoxy) is 1. The molecular formula is C13H14ClNO4. The lowest BCUT2D eigenvalue weighted by Crippen LogP contribution is -2.45. The van der Waals surface area contributed by atoms with Crippen molar-refractivity contribution in [2.24, 2.45) is 0 Å². The molecule has 1 aromatic carbocycles. The molecule has 0 aromatic heterocycles. The standard InChI is InChI=1S/C13H14ClNO4/c1-13(6-5-11(16)17)8-19-12(18)15(13)10-4-2-3-9(14)7-10/h2-4,7H,5-6,8H2,1H3,(H,16,17). The van der Waals surface area contributed by atoms with Gasteiger partial charge in [-0.1, -0.05) is 17.7 Å². The minimum Gasteiger partial charge on any atom is -0.481 e. The lowest BCUT2D eigenvalue weighted by molar-refractivity contribution is -0.137. The first-order valence-corrected chi connectivity index (χ1v) is 6.24. The Morgan fingerprint density at radius 1 is 1.58 bits per heavy atom. The predicted octanol–water partition coefficient (Wildman–Crippen LogP) is 2.92. The molecule has 1 atom stereocenters. The van der Waals surface area contributed by atoms with Gasteiger partial charge in [-0.05, 0) is 31.5 Å². The third kappa shape index (κ3) is 2.81. The quantitative estimate of drug-likeness (QED) is 0.922. The van der Waals surface area contributed by atoms with Crippen LogP contribution in [0.4, 0.5) is 10.5 Å². The first-order chi connectivity index (χ1) is 8.92. The minimum absolute atomic E-state index is 0.0236. The zero-order chi connectivity index (χ0) is 14.0. The van der Waals surface area contributed by atoms with Crippen LogP contribution in [0, 0.1) is 0 Å². The molecule has 1 aliphatic rings. The molecule has 0 aliphatic carbocycles. The molecule has 1 heterocycles. The van der Waals surface area contributed by atoms with Crippen LogP contribution in [0.25, 0.3) is 0 Å². The van der Waals surface area contributed by atoms with E-state index in [1.807, 2.05) is 6.92 Å². The van der Waals surface area contributed by atoms with Crippen LogP contribution in [0.2, 0.25) is 5.02 Å². The molecule has 102 valence electrons. The predicted molar refractivity (Wildman–Crippen MR) is 70.6 cm³/mol. The molecule has 6 heteroatoms. The third-order valence-corrected chi connectivity index (χ3v) is 3.41. The van der Waals surface area contributed by atoms with E-state index in [0.29, 0.717) is 17.1 Å². The van der Waals surface area contributed by atoms with Gasteiger partial charge >= 0.3 is 12.1 Å². The number of aliphatic carboxylic acids is 1. The van der Waals surface area contributed by atoms with E-state index >= 15 is 0 Å². The Morgan fingerprint density at radius 3 is 2.95 bits per heavy atom. The van der Waals surface area contributed by atoms with Crippen LogP contribution in [0.3, 0.4) is 0 Å². The number of carbonyl (C=O) groups excluding carboxylic acids is 1. The van der Waals surface area contributed by atoms with E-state index in [1.165, 1.54) is 4.90 Å². The van der Waals surface area contributed by atoms with Crippen molar-refractivity contribution in [3.63, 3.8) is 0 Å². The molecular weight excluding hydrogens is 270 g/mol. The Labute approximate surface area is 115 Å². The number of carboxylic acids is 1. The minimum atomic E-state index is -0.897. The number of nitrogens with zero attached hydrogens (tertiary/aromatic N) is 1. The SMILES string of the molecule is CC1(CCC(=O)O)COC(=O)N1c1cccc(Cl)c1. The molecule has 0 saturated carbocycles. The molecule has 19 heavy (non-hydrogen) atoms. The summed E-state index contributed by atoms with van der Waals surface area (Å²) >= 11 is 5.92. The summed E-state index contributed by atoms with van der Waals surface area (Å²) < 4.78 is 5.06. The first kappa shape index (κ1) is 13.7. The maximum Gasteiger partial charge on any atom is 0.415 e. The summed E-state index contributed by atoms with van der Waals surface area (Å²) in [5, 5.41) is 9.30. The van der Waals surface area contributed by atoms with Crippen LogP contribution in [0.5, 0.6) is 0 Å². The second-order valence-corrected chi connectivity index (χ2v) is 5.20. The molecule has 2 rings (SSSR count). The van der Waals surface area contributed by atoms with Crippen LogP contribution in [-0.4, -0.2) is 29.3 Å². The van der Waals surface area contributed by atoms with Gasteiger partial charge in [-0.3, -0.25) is 9.69 Å². The Morgan fingerprint density at radius 2 is 2.32 bits per heavy atom. The number of benzene rings is 1. The van der Waals surface area contributed by atoms with Crippen LogP contribution < -0.4 is 4.90 Å². The number of carbonyl (C=O) groups is 2. The Bertz CT molecular complexity index is 519. The van der Waals surface area contributed by atoms with E-state index in [1.54, 1.807) is 24.3 Å². The fraction of sp³-hybridized carbons (Fsp3) is 0.385. The van der Waals surface area contributed by atoms with Crippen LogP contribution in [-0.2, 0) is 9.53 Å². The second kappa shape index (κ2) is 5.09. The highest BCUT2D eigenvalue weighted by Gasteiger charge is 2.44. The van der Waals surface area contributed by atoms with Gasteiger partial charge in [0.1, 0.15) is 6.61 Å². The fourth-order valence-electron chi connectivity index (χ4n) is 2.16. The van der Waals surface area contributed by atoms with Crippen molar-refractivity contribution < 1.29 is 19.4 Å². The van der Waals surface area contributed by atoms with Gasteiger partial charge < -0.3 is 9.84 Å². The van der Waals surface area contributed by atoms with Gasteiger partial charge in [0, 0.05) is 17.1 Å². The normalized spacial score (nSPS) is 22.4. The van der Waals surface area contributed by atoms with Crippen molar-refractivity contribution in [1.82, 2.24) is 0 Å². The molecule has 0 radical (unpaired) electrons. The maximum absolute atomic E-state index is 11.9. The number of hydrogen-bond donors (Lipinski definition) is 1. The second-order valence-electron chi connectivity index (χ2n) is 4.76. The van der Waals surface area contributed by atoms with E-state index in [9.17, 15) is 9.59 Å². The Kier molecular flexibility index (Phi) is 3.66. The van der Waals surface area contributed by atoms with E-state index in [4.69, 9.17) is 21.4 Å². The summed E-state index contributed by atoms with van der Waals surface area (Å²) in [5.41, 5.74) is -0.0527. The monoisotopic (exact) mass is 283 g/mol. The fourth-order valence-corrected chi connectivity index (χ4v) is 2.34. The molecule has 1 aliphatic heterocycles. The van der Waals surface area contributed by atoms with Gasteiger partial charge in [-0.2, -0.15) is 0 Å². The largest absolute Gasteiger partial charge is 0.481 e. The number of cyclic esters (lactones) is 1. The highest BCUT2D eigenvalue weighted by molar-refractivity contribution is 6.30. The third-order valence-electron chi connectivity index (χ3n) is 3.17. The molecule has 1 saturated heterocycles. The van der Waals surface area contributed by atoms with Crippen LogP contribution >= 0.6 is 11.6 Å². The smallest absolute Gasteiger partial charge is 0.415 e. The van der Waals surface area contributed by atoms with Gasteiger partial charge in [0.15, 0.2) is 0 Å². The van der Waals surface area contributed by atoms with E-state index in [0.717, 1.165) is 0 Å². The number of carboxylic acid groups (broad SMARTS) is 1. The Hall–Kier alpha value is -1.75. The first-order valence-electron chi connectivity index (χ1n) is 5.87. The number of halogens is 1. The molecule has 1 amide bonds. The van der Waals surface area contributed by atoms with Crippen molar-refractivity contribution in [2.45, 2.75) is 25.3 Å². The number of rotatable bonds is 4. The average molecular weight is 284 g/mol. The Balaban J connectivity index is 2.29. The van der Waals surface area contributed by atoms with Crippen LogP contribution in [0.1, 0.15) is 19.8 Å². The maximum atomic E-state index is 11.9. The zero-order valence-corrected chi connectivity index (χ0v) is 11.2. The molecule has 5 nitrogen and oxygen atoms in total. The van der Waals surface area contributed by atoms with Gasteiger partial charge in [-0.25, -0.2) is 4.79 Å². The number of amides is 1. The van der Waals surface area contributed by atoms with E-state index in [2.05, 4.69) is 0 Å². The zero-order valence-electron chi connectivity index (χ0n) is 10.4. The van der Waals surface area contributed by atoms with Gasteiger partial charge in [-0.15, -0.1) is 0 Å². The van der Waals surface area contributed by atoms with E-state index < -0.39 is 17.6 Å². The van der Waals surface area contributed by atoms with Gasteiger partial charge in [0.2, 0.25) is 0 Å². The molecule has 0 bridgehead atoms. The highest BCUT2D eigenvalue weighted by atomic mass is 35.5. The molecule has 1 fully saturated rings. The lowest BCUT2D eigenvalue weighted by Gasteiger charge is -2.31. The topological polar surface area (TPSA) is 66.8 Å². The highest BCUT2D eigenvalue weighted by Crippen LogP contribution is 2.34. The summed E-state index contributed by atoms with van der Waals surface area (Å²) in [5.74, 6) is -0.897. The lowest BCUT2D eigenvalue weighted by atomic mass is 9.95. The van der Waals surface area contributed by atoms with Crippen molar-refractivity contribution >= 4 is 29.4 Å². The van der Waals surface area contributed by atoms with Gasteiger partial charge in [0.25, 0.3) is 0 Å². The summed E-state index contributed by atoms with van der Waals surface area (Å²) in [6.07, 6.45) is -0.180. The molecule has 1 unspecified atom stereocenters. The summed E-state index contributed by atoms with van der Waals surface area (Å²) in [6, 6.07) is 6.85. The summed E-state index contributed by atoms with van der Waals surface area (Å²) in [6.45, 7) is 1.98. The van der Waals surface area contributed by atoms with Crippen molar-refractivity contribution in [2.75, 3.05) is 11.5 Å². The van der Waals surface area contributed by atoms with Crippen molar-refractivity contribution in [1.29, 1.82) is 0 Å². The summed E-state index contributed by atoms with van der Waals surface area (Å²) in [4.78, 5) is 24.0. The molecule has 0 spiro atoms. The van der Waals surface area contributed by atoms with E-state index in [-0.39, 0.29) is 13.0 Å². The average Bonchev–Trinajstić information content (AvgIpc) is 2.64. The molecule has 1 N–H and O–H groups in total. The van der Waals surface area contributed by atoms with Crippen LogP contribution in [0.15, 0.2) is 24.3 Å². The van der Waals surface area contributed by atoms with Gasteiger partial charge in [0.05, 0.1) is 5.54 Å². The number of anilines is 1. The van der Waals surface area contributed by atoms with Crippen molar-refractivity contribution in [3.8, 4) is 0 Å². The molecule has 1 aromatic rings. The van der Waals surface area contributed by atoms with Crippen molar-refractivity contribution in [3.05, 3.63) is 29.3 Å².